The van der Waals surface area contributed by atoms with Crippen molar-refractivity contribution in [2.24, 2.45) is 0 Å². The summed E-state index contributed by atoms with van der Waals surface area (Å²) in [5.74, 6) is -0.378. The Kier molecular flexibility index (Phi) is 2.93. The van der Waals surface area contributed by atoms with Gasteiger partial charge in [-0.05, 0) is 11.6 Å². The van der Waals surface area contributed by atoms with Gasteiger partial charge < -0.3 is 0 Å². The molecule has 0 N–H and O–H groups in total. The minimum atomic E-state index is -3.65. The fraction of sp³-hybridized carbons (Fsp3) is 0.333. The molecule has 8 heteroatoms. The van der Waals surface area contributed by atoms with Crippen LogP contribution in [0.1, 0.15) is 5.56 Å². The normalized spacial score (nSPS) is 13.0. The van der Waals surface area contributed by atoms with Gasteiger partial charge in [-0.1, -0.05) is 0 Å². The SMILES string of the molecule is CS(=O)(=O)n1ccc(CS(=O)(=O)Cl)c1. The summed E-state index contributed by atoms with van der Waals surface area (Å²) in [5, 5.41) is 0. The van der Waals surface area contributed by atoms with E-state index >= 15 is 0 Å². The van der Waals surface area contributed by atoms with E-state index in [1.807, 2.05) is 0 Å². The largest absolute Gasteiger partial charge is 0.253 e. The average molecular weight is 258 g/mol. The molecule has 0 saturated heterocycles. The van der Waals surface area contributed by atoms with Gasteiger partial charge in [0.1, 0.15) is 0 Å². The monoisotopic (exact) mass is 257 g/mol. The Morgan fingerprint density at radius 1 is 1.36 bits per heavy atom. The molecule has 0 aliphatic heterocycles. The third-order valence-corrected chi connectivity index (χ3v) is 3.45. The van der Waals surface area contributed by atoms with Crippen LogP contribution >= 0.6 is 10.7 Å². The van der Waals surface area contributed by atoms with Gasteiger partial charge in [-0.25, -0.2) is 16.8 Å². The topological polar surface area (TPSA) is 73.2 Å². The molecule has 80 valence electrons. The van der Waals surface area contributed by atoms with Gasteiger partial charge in [0.05, 0.1) is 12.0 Å². The number of hydrogen-bond acceptors (Lipinski definition) is 4. The molecule has 1 rings (SSSR count). The Balaban J connectivity index is 3.02. The molecule has 0 atom stereocenters. The standard InChI is InChI=1S/C6H8ClNO4S2/c1-13(9,10)8-3-2-6(4-8)5-14(7,11)12/h2-4H,5H2,1H3. The van der Waals surface area contributed by atoms with E-state index in [2.05, 4.69) is 0 Å². The van der Waals surface area contributed by atoms with Gasteiger partial charge in [0.25, 0.3) is 0 Å². The van der Waals surface area contributed by atoms with Crippen molar-refractivity contribution >= 4 is 29.8 Å². The van der Waals surface area contributed by atoms with Crippen LogP contribution in [0.25, 0.3) is 0 Å². The number of aromatic nitrogens is 1. The summed E-state index contributed by atoms with van der Waals surface area (Å²) in [6, 6.07) is 1.39. The van der Waals surface area contributed by atoms with Crippen molar-refractivity contribution in [1.82, 2.24) is 3.97 Å². The molecule has 0 saturated carbocycles. The van der Waals surface area contributed by atoms with Crippen LogP contribution in [0.2, 0.25) is 0 Å². The van der Waals surface area contributed by atoms with Crippen molar-refractivity contribution in [1.29, 1.82) is 0 Å². The Bertz CT molecular complexity index is 528. The van der Waals surface area contributed by atoms with Gasteiger partial charge in [0.2, 0.25) is 19.1 Å². The lowest BCUT2D eigenvalue weighted by molar-refractivity contribution is 0.593. The van der Waals surface area contributed by atoms with Crippen molar-refractivity contribution in [2.75, 3.05) is 6.26 Å². The van der Waals surface area contributed by atoms with E-state index in [4.69, 9.17) is 10.7 Å². The second-order valence-corrected chi connectivity index (χ2v) is 7.46. The van der Waals surface area contributed by atoms with E-state index in [1.54, 1.807) is 0 Å². The second kappa shape index (κ2) is 3.56. The van der Waals surface area contributed by atoms with Gasteiger partial charge in [0, 0.05) is 23.1 Å². The van der Waals surface area contributed by atoms with Crippen molar-refractivity contribution in [3.05, 3.63) is 24.0 Å². The molecule has 0 amide bonds. The molecule has 0 bridgehead atoms. The van der Waals surface area contributed by atoms with Gasteiger partial charge in [-0.3, -0.25) is 3.97 Å². The molecule has 1 aromatic heterocycles. The predicted molar refractivity (Wildman–Crippen MR) is 53.2 cm³/mol. The molecule has 5 nitrogen and oxygen atoms in total. The van der Waals surface area contributed by atoms with Crippen molar-refractivity contribution in [2.45, 2.75) is 5.75 Å². The minimum Gasteiger partial charge on any atom is -0.253 e. The van der Waals surface area contributed by atoms with Crippen LogP contribution in [-0.2, 0) is 24.8 Å². The van der Waals surface area contributed by atoms with Crippen molar-refractivity contribution < 1.29 is 16.8 Å². The third-order valence-electron chi connectivity index (χ3n) is 1.45. The summed E-state index contributed by atoms with van der Waals surface area (Å²) in [6.07, 6.45) is 3.51. The van der Waals surface area contributed by atoms with E-state index in [-0.39, 0.29) is 5.75 Å². The van der Waals surface area contributed by atoms with Crippen LogP contribution in [0.3, 0.4) is 0 Å². The first kappa shape index (κ1) is 11.5. The highest BCUT2D eigenvalue weighted by Gasteiger charge is 2.11. The summed E-state index contributed by atoms with van der Waals surface area (Å²) in [4.78, 5) is 0. The van der Waals surface area contributed by atoms with Gasteiger partial charge in [-0.2, -0.15) is 0 Å². The lowest BCUT2D eigenvalue weighted by Gasteiger charge is -1.96. The fourth-order valence-electron chi connectivity index (χ4n) is 0.909. The number of rotatable bonds is 3. The Morgan fingerprint density at radius 3 is 2.29 bits per heavy atom. The van der Waals surface area contributed by atoms with E-state index in [0.717, 1.165) is 10.2 Å². The molecule has 0 spiro atoms. The van der Waals surface area contributed by atoms with Crippen LogP contribution in [-0.4, -0.2) is 27.1 Å². The van der Waals surface area contributed by atoms with Gasteiger partial charge in [-0.15, -0.1) is 0 Å². The molecule has 0 aliphatic carbocycles. The summed E-state index contributed by atoms with van der Waals surface area (Å²) in [7, 11) is -2.00. The maximum atomic E-state index is 11.0. The maximum Gasteiger partial charge on any atom is 0.236 e. The molecule has 0 radical (unpaired) electrons. The molecule has 1 heterocycles. The van der Waals surface area contributed by atoms with E-state index < -0.39 is 19.1 Å². The maximum absolute atomic E-state index is 11.0. The zero-order valence-electron chi connectivity index (χ0n) is 7.21. The summed E-state index contributed by atoms with van der Waals surface area (Å²) in [6.45, 7) is 0. The Morgan fingerprint density at radius 2 is 1.93 bits per heavy atom. The highest BCUT2D eigenvalue weighted by atomic mass is 35.7. The molecule has 0 unspecified atom stereocenters. The van der Waals surface area contributed by atoms with E-state index in [9.17, 15) is 16.8 Å². The number of nitrogens with zero attached hydrogens (tertiary/aromatic N) is 1. The zero-order valence-corrected chi connectivity index (χ0v) is 9.60. The summed E-state index contributed by atoms with van der Waals surface area (Å²) in [5.41, 5.74) is 0.338. The molecule has 0 aliphatic rings. The van der Waals surface area contributed by atoms with E-state index in [1.165, 1.54) is 18.5 Å². The third kappa shape index (κ3) is 3.32. The predicted octanol–water partition coefficient (Wildman–Crippen LogP) is 0.364. The minimum absolute atomic E-state index is 0.338. The van der Waals surface area contributed by atoms with Gasteiger partial charge in [0.15, 0.2) is 0 Å². The van der Waals surface area contributed by atoms with E-state index in [0.29, 0.717) is 5.56 Å². The molecular weight excluding hydrogens is 250 g/mol. The fourth-order valence-corrected chi connectivity index (χ4v) is 2.47. The molecule has 0 aromatic carbocycles. The lowest BCUT2D eigenvalue weighted by atomic mass is 10.4. The average Bonchev–Trinajstić information content (AvgIpc) is 2.29. The zero-order chi connectivity index (χ0) is 11.0. The lowest BCUT2D eigenvalue weighted by Crippen LogP contribution is -2.07. The molecular formula is C6H8ClNO4S2. The molecule has 0 fully saturated rings. The smallest absolute Gasteiger partial charge is 0.236 e. The first-order valence-corrected chi connectivity index (χ1v) is 7.81. The van der Waals surface area contributed by atoms with Crippen LogP contribution in [0, 0.1) is 0 Å². The Hall–Kier alpha value is -0.530. The summed E-state index contributed by atoms with van der Waals surface area (Å²) < 4.78 is 44.3. The van der Waals surface area contributed by atoms with Crippen LogP contribution < -0.4 is 0 Å². The highest BCUT2D eigenvalue weighted by molar-refractivity contribution is 8.13. The van der Waals surface area contributed by atoms with Gasteiger partial charge >= 0.3 is 0 Å². The second-order valence-electron chi connectivity index (χ2n) is 2.80. The quantitative estimate of drug-likeness (QED) is 0.733. The molecule has 1 aromatic rings. The number of hydrogen-bond donors (Lipinski definition) is 0. The molecule has 14 heavy (non-hydrogen) atoms. The van der Waals surface area contributed by atoms with Crippen molar-refractivity contribution in [3.63, 3.8) is 0 Å². The van der Waals surface area contributed by atoms with Crippen LogP contribution in [0.4, 0.5) is 0 Å². The first-order chi connectivity index (χ1) is 6.18. The highest BCUT2D eigenvalue weighted by Crippen LogP contribution is 2.11. The summed E-state index contributed by atoms with van der Waals surface area (Å²) >= 11 is 0. The first-order valence-electron chi connectivity index (χ1n) is 3.48. The van der Waals surface area contributed by atoms with Crippen molar-refractivity contribution in [3.8, 4) is 0 Å². The van der Waals surface area contributed by atoms with Crippen LogP contribution in [0.15, 0.2) is 18.5 Å². The van der Waals surface area contributed by atoms with Crippen LogP contribution in [0.5, 0.6) is 0 Å². The Labute approximate surface area is 86.8 Å². The number of halogens is 1.